The van der Waals surface area contributed by atoms with Crippen molar-refractivity contribution < 1.29 is 0 Å². The van der Waals surface area contributed by atoms with Crippen molar-refractivity contribution in [3.63, 3.8) is 0 Å². The molecule has 2 aromatic rings. The van der Waals surface area contributed by atoms with Gasteiger partial charge in [-0.2, -0.15) is 0 Å². The minimum atomic E-state index is 0.197. The highest BCUT2D eigenvalue weighted by molar-refractivity contribution is 5.56. The van der Waals surface area contributed by atoms with E-state index in [2.05, 4.69) is 41.6 Å². The van der Waals surface area contributed by atoms with E-state index in [1.54, 1.807) is 0 Å². The molecule has 1 aliphatic carbocycles. The van der Waals surface area contributed by atoms with Gasteiger partial charge in [0, 0.05) is 32.3 Å². The van der Waals surface area contributed by atoms with Crippen molar-refractivity contribution in [1.29, 1.82) is 0 Å². The van der Waals surface area contributed by atoms with Crippen molar-refractivity contribution in [2.45, 2.75) is 38.6 Å². The molecule has 4 nitrogen and oxygen atoms in total. The van der Waals surface area contributed by atoms with E-state index >= 15 is 0 Å². The van der Waals surface area contributed by atoms with Crippen molar-refractivity contribution in [3.8, 4) is 0 Å². The van der Waals surface area contributed by atoms with E-state index in [-0.39, 0.29) is 6.04 Å². The van der Waals surface area contributed by atoms with Crippen LogP contribution in [0.1, 0.15) is 31.9 Å². The van der Waals surface area contributed by atoms with Crippen LogP contribution < -0.4 is 10.6 Å². The molecule has 1 aliphatic rings. The van der Waals surface area contributed by atoms with Crippen LogP contribution >= 0.6 is 0 Å². The van der Waals surface area contributed by atoms with Gasteiger partial charge in [-0.15, -0.1) is 0 Å². The first-order chi connectivity index (χ1) is 9.69. The fraction of sp³-hybridized carbons (Fsp3) is 0.562. The highest BCUT2D eigenvalue weighted by atomic mass is 15.2. The maximum Gasteiger partial charge on any atom is 0.150 e. The van der Waals surface area contributed by atoms with Crippen LogP contribution in [0, 0.1) is 5.92 Å². The quantitative estimate of drug-likeness (QED) is 0.878. The summed E-state index contributed by atoms with van der Waals surface area (Å²) in [7, 11) is 2.15. The molecule has 0 spiro atoms. The molecule has 2 aromatic heterocycles. The summed E-state index contributed by atoms with van der Waals surface area (Å²) in [5, 5.41) is 0. The Morgan fingerprint density at radius 2 is 2.25 bits per heavy atom. The van der Waals surface area contributed by atoms with E-state index in [9.17, 15) is 0 Å². The molecular formula is C16H24N4. The summed E-state index contributed by atoms with van der Waals surface area (Å²) >= 11 is 0. The number of aromatic nitrogens is 2. The number of nitrogens with zero attached hydrogens (tertiary/aromatic N) is 3. The van der Waals surface area contributed by atoms with Crippen LogP contribution in [0.5, 0.6) is 0 Å². The van der Waals surface area contributed by atoms with Gasteiger partial charge in [0.05, 0.1) is 5.69 Å². The van der Waals surface area contributed by atoms with Gasteiger partial charge in [0.25, 0.3) is 0 Å². The van der Waals surface area contributed by atoms with Crippen LogP contribution in [0.4, 0.5) is 5.82 Å². The lowest BCUT2D eigenvalue weighted by Crippen LogP contribution is -2.26. The van der Waals surface area contributed by atoms with E-state index in [1.165, 1.54) is 18.5 Å². The number of rotatable bonds is 6. The zero-order valence-electron chi connectivity index (χ0n) is 12.4. The number of anilines is 1. The Morgan fingerprint density at radius 1 is 1.45 bits per heavy atom. The molecule has 2 N–H and O–H groups in total. The predicted molar refractivity (Wildman–Crippen MR) is 83.2 cm³/mol. The van der Waals surface area contributed by atoms with Crippen molar-refractivity contribution >= 4 is 11.5 Å². The molecule has 2 heterocycles. The third-order valence-electron chi connectivity index (χ3n) is 4.18. The maximum atomic E-state index is 6.18. The summed E-state index contributed by atoms with van der Waals surface area (Å²) < 4.78 is 2.19. The molecule has 0 saturated heterocycles. The van der Waals surface area contributed by atoms with Gasteiger partial charge < -0.3 is 15.0 Å². The fourth-order valence-electron chi connectivity index (χ4n) is 2.70. The third kappa shape index (κ3) is 2.66. The second-order valence-electron chi connectivity index (χ2n) is 6.01. The summed E-state index contributed by atoms with van der Waals surface area (Å²) in [6.45, 7) is 3.25. The van der Waals surface area contributed by atoms with E-state index in [0.717, 1.165) is 36.8 Å². The normalized spacial score (nSPS) is 16.6. The highest BCUT2D eigenvalue weighted by Gasteiger charge is 2.25. The number of imidazole rings is 1. The Balaban J connectivity index is 1.97. The summed E-state index contributed by atoms with van der Waals surface area (Å²) in [4.78, 5) is 7.12. The van der Waals surface area contributed by atoms with Gasteiger partial charge in [-0.25, -0.2) is 4.98 Å². The Hall–Kier alpha value is -1.55. The molecule has 3 rings (SSSR count). The molecule has 1 fully saturated rings. The van der Waals surface area contributed by atoms with Crippen molar-refractivity contribution in [2.24, 2.45) is 11.7 Å². The monoisotopic (exact) mass is 272 g/mol. The lowest BCUT2D eigenvalue weighted by Gasteiger charge is -2.19. The SMILES string of the molecule is CCC(N)Cc1c(N(C)CC2CC2)nc2ccccn12. The van der Waals surface area contributed by atoms with Gasteiger partial charge >= 0.3 is 0 Å². The number of nitrogens with two attached hydrogens (primary N) is 1. The molecule has 108 valence electrons. The van der Waals surface area contributed by atoms with Crippen molar-refractivity contribution in [2.75, 3.05) is 18.5 Å². The van der Waals surface area contributed by atoms with Crippen LogP contribution in [0.15, 0.2) is 24.4 Å². The fourth-order valence-corrected chi connectivity index (χ4v) is 2.70. The van der Waals surface area contributed by atoms with Crippen LogP contribution in [0.3, 0.4) is 0 Å². The highest BCUT2D eigenvalue weighted by Crippen LogP contribution is 2.32. The standard InChI is InChI=1S/C16H24N4/c1-3-13(17)10-14-16(19(2)11-12-7-8-12)18-15-6-4-5-9-20(14)15/h4-6,9,12-13H,3,7-8,10-11,17H2,1-2H3. The second-order valence-corrected chi connectivity index (χ2v) is 6.01. The van der Waals surface area contributed by atoms with Crippen LogP contribution in [0.25, 0.3) is 5.65 Å². The van der Waals surface area contributed by atoms with Gasteiger partial charge in [0.15, 0.2) is 5.82 Å². The lowest BCUT2D eigenvalue weighted by molar-refractivity contribution is 0.631. The third-order valence-corrected chi connectivity index (χ3v) is 4.18. The molecule has 1 saturated carbocycles. The van der Waals surface area contributed by atoms with E-state index in [0.29, 0.717) is 0 Å². The smallest absolute Gasteiger partial charge is 0.150 e. The zero-order valence-corrected chi connectivity index (χ0v) is 12.4. The topological polar surface area (TPSA) is 46.6 Å². The van der Waals surface area contributed by atoms with Gasteiger partial charge in [-0.3, -0.25) is 0 Å². The largest absolute Gasteiger partial charge is 0.358 e. The molecular weight excluding hydrogens is 248 g/mol. The zero-order chi connectivity index (χ0) is 14.1. The summed E-state index contributed by atoms with van der Waals surface area (Å²) in [6, 6.07) is 6.36. The summed E-state index contributed by atoms with van der Waals surface area (Å²) in [5.74, 6) is 1.96. The average molecular weight is 272 g/mol. The minimum Gasteiger partial charge on any atom is -0.358 e. The first-order valence-electron chi connectivity index (χ1n) is 7.61. The van der Waals surface area contributed by atoms with Crippen molar-refractivity contribution in [3.05, 3.63) is 30.1 Å². The number of hydrogen-bond donors (Lipinski definition) is 1. The Bertz CT molecular complexity index is 585. The Labute approximate surface area is 120 Å². The molecule has 0 radical (unpaired) electrons. The molecule has 1 atom stereocenters. The van der Waals surface area contributed by atoms with Crippen molar-refractivity contribution in [1.82, 2.24) is 9.38 Å². The molecule has 1 unspecified atom stereocenters. The molecule has 0 aliphatic heterocycles. The van der Waals surface area contributed by atoms with Crippen LogP contribution in [-0.4, -0.2) is 29.0 Å². The minimum absolute atomic E-state index is 0.197. The summed E-state index contributed by atoms with van der Waals surface area (Å²) in [5.41, 5.74) is 8.44. The van der Waals surface area contributed by atoms with E-state index in [4.69, 9.17) is 10.7 Å². The van der Waals surface area contributed by atoms with Gasteiger partial charge in [-0.1, -0.05) is 13.0 Å². The van der Waals surface area contributed by atoms with Crippen LogP contribution in [0.2, 0.25) is 0 Å². The molecule has 0 bridgehead atoms. The van der Waals surface area contributed by atoms with Gasteiger partial charge in [-0.05, 0) is 37.3 Å². The maximum absolute atomic E-state index is 6.18. The lowest BCUT2D eigenvalue weighted by atomic mass is 10.1. The van der Waals surface area contributed by atoms with Gasteiger partial charge in [0.2, 0.25) is 0 Å². The molecule has 4 heteroatoms. The first-order valence-corrected chi connectivity index (χ1v) is 7.61. The van der Waals surface area contributed by atoms with Crippen LogP contribution in [-0.2, 0) is 6.42 Å². The molecule has 0 amide bonds. The Morgan fingerprint density at radius 3 is 2.95 bits per heavy atom. The van der Waals surface area contributed by atoms with Gasteiger partial charge in [0.1, 0.15) is 5.65 Å². The molecule has 0 aromatic carbocycles. The second kappa shape index (κ2) is 5.44. The summed E-state index contributed by atoms with van der Waals surface area (Å²) in [6.07, 6.45) is 6.69. The predicted octanol–water partition coefficient (Wildman–Crippen LogP) is 2.46. The number of fused-ring (bicyclic) bond motifs is 1. The number of pyridine rings is 1. The first kappa shape index (κ1) is 13.4. The molecule has 20 heavy (non-hydrogen) atoms. The van der Waals surface area contributed by atoms with E-state index in [1.807, 2.05) is 6.07 Å². The van der Waals surface area contributed by atoms with E-state index < -0.39 is 0 Å². The Kier molecular flexibility index (Phi) is 3.66. The average Bonchev–Trinajstić information content (AvgIpc) is 3.19. The number of hydrogen-bond acceptors (Lipinski definition) is 3.